The van der Waals surface area contributed by atoms with Gasteiger partial charge in [-0.05, 0) is 25.5 Å². The number of rotatable bonds is 4. The molecule has 0 saturated heterocycles. The van der Waals surface area contributed by atoms with Crippen LogP contribution in [0.25, 0.3) is 0 Å². The highest BCUT2D eigenvalue weighted by atomic mass is 16.3. The molecule has 0 unspecified atom stereocenters. The Bertz CT molecular complexity index is 305. The minimum Gasteiger partial charge on any atom is -0.392 e. The summed E-state index contributed by atoms with van der Waals surface area (Å²) < 4.78 is 1.75. The standard InChI is InChI=1S/C10H16N2O2/c1-8(2)11-10(14)6-12-4-3-9(5-12)7-13/h3-5,8,13H,6-7H2,1-2H3,(H,11,14). The molecule has 14 heavy (non-hydrogen) atoms. The average Bonchev–Trinajstić information content (AvgIpc) is 2.50. The highest BCUT2D eigenvalue weighted by molar-refractivity contribution is 5.75. The Labute approximate surface area is 83.5 Å². The first-order valence-electron chi connectivity index (χ1n) is 4.66. The van der Waals surface area contributed by atoms with E-state index < -0.39 is 0 Å². The van der Waals surface area contributed by atoms with Crippen LogP contribution in [0.3, 0.4) is 0 Å². The zero-order valence-corrected chi connectivity index (χ0v) is 8.53. The number of aromatic nitrogens is 1. The summed E-state index contributed by atoms with van der Waals surface area (Å²) in [6.45, 7) is 4.16. The van der Waals surface area contributed by atoms with E-state index in [2.05, 4.69) is 5.32 Å². The van der Waals surface area contributed by atoms with Crippen molar-refractivity contribution in [2.24, 2.45) is 0 Å². The van der Waals surface area contributed by atoms with Gasteiger partial charge in [-0.3, -0.25) is 4.79 Å². The largest absolute Gasteiger partial charge is 0.392 e. The molecule has 1 aromatic heterocycles. The number of hydrogen-bond acceptors (Lipinski definition) is 2. The smallest absolute Gasteiger partial charge is 0.240 e. The predicted molar refractivity (Wildman–Crippen MR) is 53.6 cm³/mol. The Kier molecular flexibility index (Phi) is 3.71. The molecule has 0 atom stereocenters. The highest BCUT2D eigenvalue weighted by Crippen LogP contribution is 2.00. The van der Waals surface area contributed by atoms with Crippen molar-refractivity contribution in [3.63, 3.8) is 0 Å². The summed E-state index contributed by atoms with van der Waals surface area (Å²) in [7, 11) is 0. The molecule has 0 spiro atoms. The van der Waals surface area contributed by atoms with Gasteiger partial charge in [-0.25, -0.2) is 0 Å². The average molecular weight is 196 g/mol. The van der Waals surface area contributed by atoms with Gasteiger partial charge in [0.2, 0.25) is 5.91 Å². The van der Waals surface area contributed by atoms with E-state index in [0.29, 0.717) is 6.54 Å². The fourth-order valence-corrected chi connectivity index (χ4v) is 1.22. The second-order valence-corrected chi connectivity index (χ2v) is 3.57. The predicted octanol–water partition coefficient (Wildman–Crippen LogP) is 0.505. The van der Waals surface area contributed by atoms with E-state index in [1.54, 1.807) is 23.0 Å². The van der Waals surface area contributed by atoms with Crippen LogP contribution in [0.5, 0.6) is 0 Å². The minimum atomic E-state index is -0.0138. The van der Waals surface area contributed by atoms with Crippen LogP contribution < -0.4 is 5.32 Å². The van der Waals surface area contributed by atoms with E-state index in [0.717, 1.165) is 5.56 Å². The lowest BCUT2D eigenvalue weighted by Crippen LogP contribution is -2.32. The van der Waals surface area contributed by atoms with Gasteiger partial charge in [0.05, 0.1) is 6.61 Å². The number of nitrogens with zero attached hydrogens (tertiary/aromatic N) is 1. The molecule has 4 nitrogen and oxygen atoms in total. The van der Waals surface area contributed by atoms with Crippen LogP contribution in [-0.2, 0) is 17.9 Å². The van der Waals surface area contributed by atoms with Crippen molar-refractivity contribution in [2.75, 3.05) is 0 Å². The lowest BCUT2D eigenvalue weighted by Gasteiger charge is -2.08. The molecule has 1 amide bonds. The Morgan fingerprint density at radius 1 is 1.64 bits per heavy atom. The van der Waals surface area contributed by atoms with Crippen LogP contribution in [0.4, 0.5) is 0 Å². The molecule has 0 fully saturated rings. The number of carbonyl (C=O) groups is 1. The lowest BCUT2D eigenvalue weighted by atomic mass is 10.4. The molecule has 0 radical (unpaired) electrons. The van der Waals surface area contributed by atoms with Gasteiger partial charge in [0.25, 0.3) is 0 Å². The zero-order chi connectivity index (χ0) is 10.6. The Morgan fingerprint density at radius 2 is 2.36 bits per heavy atom. The minimum absolute atomic E-state index is 0.0127. The van der Waals surface area contributed by atoms with Crippen molar-refractivity contribution < 1.29 is 9.90 Å². The number of aliphatic hydroxyl groups excluding tert-OH is 1. The van der Waals surface area contributed by atoms with Crippen molar-refractivity contribution in [3.8, 4) is 0 Å². The van der Waals surface area contributed by atoms with Gasteiger partial charge < -0.3 is 15.0 Å². The zero-order valence-electron chi connectivity index (χ0n) is 8.53. The van der Waals surface area contributed by atoms with E-state index in [9.17, 15) is 4.79 Å². The maximum Gasteiger partial charge on any atom is 0.240 e. The summed E-state index contributed by atoms with van der Waals surface area (Å²) >= 11 is 0. The van der Waals surface area contributed by atoms with Gasteiger partial charge in [0, 0.05) is 18.4 Å². The summed E-state index contributed by atoms with van der Waals surface area (Å²) in [5.41, 5.74) is 0.822. The van der Waals surface area contributed by atoms with Gasteiger partial charge in [0.1, 0.15) is 6.54 Å². The van der Waals surface area contributed by atoms with Crippen LogP contribution in [0.2, 0.25) is 0 Å². The van der Waals surface area contributed by atoms with Gasteiger partial charge in [-0.1, -0.05) is 0 Å². The molecule has 1 rings (SSSR count). The Hall–Kier alpha value is -1.29. The van der Waals surface area contributed by atoms with Crippen molar-refractivity contribution >= 4 is 5.91 Å². The molecule has 2 N–H and O–H groups in total. The van der Waals surface area contributed by atoms with E-state index in [4.69, 9.17) is 5.11 Å². The van der Waals surface area contributed by atoms with Crippen LogP contribution in [-0.4, -0.2) is 21.6 Å². The first-order valence-corrected chi connectivity index (χ1v) is 4.66. The summed E-state index contributed by atoms with van der Waals surface area (Å²) in [4.78, 5) is 11.3. The molecule has 0 aliphatic rings. The van der Waals surface area contributed by atoms with Crippen molar-refractivity contribution in [1.82, 2.24) is 9.88 Å². The van der Waals surface area contributed by atoms with E-state index in [1.165, 1.54) is 0 Å². The van der Waals surface area contributed by atoms with Crippen molar-refractivity contribution in [2.45, 2.75) is 33.0 Å². The topological polar surface area (TPSA) is 54.3 Å². The van der Waals surface area contributed by atoms with E-state index in [-0.39, 0.29) is 18.6 Å². The first kappa shape index (κ1) is 10.8. The summed E-state index contributed by atoms with van der Waals surface area (Å²) in [6.07, 6.45) is 3.55. The molecule has 1 aromatic rings. The van der Waals surface area contributed by atoms with Gasteiger partial charge in [0.15, 0.2) is 0 Å². The molecule has 0 saturated carbocycles. The summed E-state index contributed by atoms with van der Waals surface area (Å²) in [5.74, 6) is -0.0138. The fourth-order valence-electron chi connectivity index (χ4n) is 1.22. The third-order valence-electron chi connectivity index (χ3n) is 1.77. The maximum atomic E-state index is 11.3. The second-order valence-electron chi connectivity index (χ2n) is 3.57. The summed E-state index contributed by atoms with van der Waals surface area (Å²) in [5, 5.41) is 11.6. The lowest BCUT2D eigenvalue weighted by molar-refractivity contribution is -0.122. The molecular formula is C10H16N2O2. The van der Waals surface area contributed by atoms with E-state index >= 15 is 0 Å². The van der Waals surface area contributed by atoms with Crippen molar-refractivity contribution in [3.05, 3.63) is 24.0 Å². The number of aliphatic hydroxyl groups is 1. The molecule has 0 bridgehead atoms. The molecule has 0 aliphatic heterocycles. The van der Waals surface area contributed by atoms with Crippen LogP contribution in [0.1, 0.15) is 19.4 Å². The van der Waals surface area contributed by atoms with Gasteiger partial charge in [-0.2, -0.15) is 0 Å². The monoisotopic (exact) mass is 196 g/mol. The van der Waals surface area contributed by atoms with E-state index in [1.807, 2.05) is 13.8 Å². The van der Waals surface area contributed by atoms with Gasteiger partial charge in [-0.15, -0.1) is 0 Å². The third kappa shape index (κ3) is 3.22. The first-order chi connectivity index (χ1) is 6.61. The van der Waals surface area contributed by atoms with Crippen LogP contribution in [0, 0.1) is 0 Å². The Balaban J connectivity index is 2.47. The SMILES string of the molecule is CC(C)NC(=O)Cn1ccc(CO)c1. The molecule has 4 heteroatoms. The third-order valence-corrected chi connectivity index (χ3v) is 1.77. The quantitative estimate of drug-likeness (QED) is 0.737. The Morgan fingerprint density at radius 3 is 2.86 bits per heavy atom. The molecule has 0 aromatic carbocycles. The normalized spacial score (nSPS) is 10.6. The molecule has 1 heterocycles. The van der Waals surface area contributed by atoms with Crippen LogP contribution in [0.15, 0.2) is 18.5 Å². The van der Waals surface area contributed by atoms with Gasteiger partial charge >= 0.3 is 0 Å². The second kappa shape index (κ2) is 4.81. The molecule has 78 valence electrons. The fraction of sp³-hybridized carbons (Fsp3) is 0.500. The number of hydrogen-bond donors (Lipinski definition) is 2. The summed E-state index contributed by atoms with van der Waals surface area (Å²) in [6, 6.07) is 1.96. The number of nitrogens with one attached hydrogen (secondary N) is 1. The van der Waals surface area contributed by atoms with Crippen LogP contribution >= 0.6 is 0 Å². The number of amides is 1. The van der Waals surface area contributed by atoms with Crippen molar-refractivity contribution in [1.29, 1.82) is 0 Å². The maximum absolute atomic E-state index is 11.3. The molecular weight excluding hydrogens is 180 g/mol. The molecule has 0 aliphatic carbocycles. The number of carbonyl (C=O) groups excluding carboxylic acids is 1. The highest BCUT2D eigenvalue weighted by Gasteiger charge is 2.04.